The summed E-state index contributed by atoms with van der Waals surface area (Å²) in [6.45, 7) is -0.124. The normalized spacial score (nSPS) is 10.9. The number of carbonyl (C=O) groups excluding carboxylic acids is 1. The molecule has 0 fully saturated rings. The van der Waals surface area contributed by atoms with Crippen molar-refractivity contribution in [2.45, 2.75) is 0 Å². The van der Waals surface area contributed by atoms with E-state index < -0.39 is 0 Å². The zero-order valence-electron chi connectivity index (χ0n) is 12.6. The molecule has 24 heavy (non-hydrogen) atoms. The molecule has 120 valence electrons. The molecule has 1 aromatic heterocycles. The third kappa shape index (κ3) is 3.97. The quantitative estimate of drug-likeness (QED) is 0.541. The molecule has 0 aliphatic heterocycles. The molecule has 1 amide bonds. The van der Waals surface area contributed by atoms with E-state index >= 15 is 0 Å². The maximum atomic E-state index is 11.8. The number of ether oxygens (including phenoxy) is 1. The van der Waals surface area contributed by atoms with Crippen LogP contribution in [0.25, 0.3) is 10.8 Å². The molecule has 0 unspecified atom stereocenters. The third-order valence-corrected chi connectivity index (χ3v) is 4.09. The van der Waals surface area contributed by atoms with Crippen LogP contribution in [0.5, 0.6) is 5.75 Å². The number of hydrazone groups is 1. The van der Waals surface area contributed by atoms with Crippen molar-refractivity contribution in [3.63, 3.8) is 0 Å². The highest BCUT2D eigenvalue weighted by atomic mass is 79.9. The van der Waals surface area contributed by atoms with Crippen molar-refractivity contribution in [1.29, 1.82) is 0 Å². The van der Waals surface area contributed by atoms with Crippen LogP contribution in [-0.2, 0) is 4.79 Å². The molecule has 0 aliphatic carbocycles. The van der Waals surface area contributed by atoms with Crippen LogP contribution in [0.4, 0.5) is 0 Å². The van der Waals surface area contributed by atoms with Gasteiger partial charge in [0, 0.05) is 18.0 Å². The van der Waals surface area contributed by atoms with Crippen LogP contribution in [0.15, 0.2) is 70.5 Å². The van der Waals surface area contributed by atoms with E-state index in [4.69, 9.17) is 4.74 Å². The SMILES string of the molecule is O=C(COc1ccc2ccccc2c1Br)N/N=C/c1cccnc1. The number of fused-ring (bicyclic) bond motifs is 1. The number of amides is 1. The number of pyridine rings is 1. The second kappa shape index (κ2) is 7.70. The van der Waals surface area contributed by atoms with Crippen LogP contribution >= 0.6 is 15.9 Å². The van der Waals surface area contributed by atoms with Gasteiger partial charge in [-0.2, -0.15) is 5.10 Å². The first kappa shape index (κ1) is 16.1. The Labute approximate surface area is 147 Å². The standard InChI is InChI=1S/C18H14BrN3O2/c19-18-15-6-2-1-5-14(15)7-8-16(18)24-12-17(23)22-21-11-13-4-3-9-20-10-13/h1-11H,12H2,(H,22,23)/b21-11+. The van der Waals surface area contributed by atoms with Gasteiger partial charge < -0.3 is 4.74 Å². The molecule has 1 N–H and O–H groups in total. The summed E-state index contributed by atoms with van der Waals surface area (Å²) in [5.74, 6) is 0.273. The highest BCUT2D eigenvalue weighted by Gasteiger charge is 2.08. The van der Waals surface area contributed by atoms with Crippen molar-refractivity contribution in [3.05, 3.63) is 71.0 Å². The van der Waals surface area contributed by atoms with Gasteiger partial charge in [-0.05, 0) is 38.8 Å². The Bertz CT molecular complexity index is 882. The first-order valence-electron chi connectivity index (χ1n) is 7.26. The van der Waals surface area contributed by atoms with E-state index in [1.807, 2.05) is 42.5 Å². The molecule has 3 aromatic rings. The van der Waals surface area contributed by atoms with Crippen LogP contribution in [-0.4, -0.2) is 23.7 Å². The number of hydrogen-bond donors (Lipinski definition) is 1. The molecule has 0 saturated carbocycles. The minimum atomic E-state index is -0.338. The molecule has 0 atom stereocenters. The minimum absolute atomic E-state index is 0.124. The monoisotopic (exact) mass is 383 g/mol. The van der Waals surface area contributed by atoms with Gasteiger partial charge in [0.05, 0.1) is 10.7 Å². The number of carbonyl (C=O) groups is 1. The summed E-state index contributed by atoms with van der Waals surface area (Å²) in [4.78, 5) is 15.8. The Morgan fingerprint density at radius 2 is 2.08 bits per heavy atom. The molecule has 5 nitrogen and oxygen atoms in total. The Balaban J connectivity index is 1.58. The van der Waals surface area contributed by atoms with Gasteiger partial charge in [0.2, 0.25) is 0 Å². The number of nitrogens with one attached hydrogen (secondary N) is 1. The predicted molar refractivity (Wildman–Crippen MR) is 97.1 cm³/mol. The Morgan fingerprint density at radius 1 is 1.21 bits per heavy atom. The summed E-state index contributed by atoms with van der Waals surface area (Å²) in [6.07, 6.45) is 4.85. The third-order valence-electron chi connectivity index (χ3n) is 3.27. The van der Waals surface area contributed by atoms with Crippen LogP contribution in [0, 0.1) is 0 Å². The Hall–Kier alpha value is -2.73. The number of hydrogen-bond acceptors (Lipinski definition) is 4. The van der Waals surface area contributed by atoms with Crippen molar-refractivity contribution >= 4 is 38.8 Å². The number of nitrogens with zero attached hydrogens (tertiary/aromatic N) is 2. The highest BCUT2D eigenvalue weighted by Crippen LogP contribution is 2.32. The van der Waals surface area contributed by atoms with Gasteiger partial charge in [-0.15, -0.1) is 0 Å². The average Bonchev–Trinajstić information content (AvgIpc) is 2.62. The summed E-state index contributed by atoms with van der Waals surface area (Å²) in [7, 11) is 0. The lowest BCUT2D eigenvalue weighted by atomic mass is 10.1. The smallest absolute Gasteiger partial charge is 0.277 e. The van der Waals surface area contributed by atoms with E-state index in [0.717, 1.165) is 20.8 Å². The van der Waals surface area contributed by atoms with Crippen LogP contribution in [0.3, 0.4) is 0 Å². The van der Waals surface area contributed by atoms with E-state index in [9.17, 15) is 4.79 Å². The fourth-order valence-electron chi connectivity index (χ4n) is 2.13. The van der Waals surface area contributed by atoms with Crippen LogP contribution in [0.1, 0.15) is 5.56 Å². The maximum absolute atomic E-state index is 11.8. The van der Waals surface area contributed by atoms with Gasteiger partial charge >= 0.3 is 0 Å². The Kier molecular flexibility index (Phi) is 5.18. The molecule has 1 heterocycles. The lowest BCUT2D eigenvalue weighted by molar-refractivity contribution is -0.123. The van der Waals surface area contributed by atoms with E-state index in [1.54, 1.807) is 18.5 Å². The average molecular weight is 384 g/mol. The zero-order valence-corrected chi connectivity index (χ0v) is 14.2. The first-order valence-corrected chi connectivity index (χ1v) is 8.05. The van der Waals surface area contributed by atoms with Gasteiger partial charge in [-0.3, -0.25) is 9.78 Å². The van der Waals surface area contributed by atoms with Crippen molar-refractivity contribution in [2.24, 2.45) is 5.10 Å². The van der Waals surface area contributed by atoms with Crippen molar-refractivity contribution in [1.82, 2.24) is 10.4 Å². The molecular weight excluding hydrogens is 370 g/mol. The molecule has 0 radical (unpaired) electrons. The van der Waals surface area contributed by atoms with E-state index in [0.29, 0.717) is 5.75 Å². The lowest BCUT2D eigenvalue weighted by Gasteiger charge is -2.09. The molecule has 0 bridgehead atoms. The molecule has 3 rings (SSSR count). The van der Waals surface area contributed by atoms with Crippen molar-refractivity contribution in [2.75, 3.05) is 6.61 Å². The summed E-state index contributed by atoms with van der Waals surface area (Å²) in [5.41, 5.74) is 3.22. The van der Waals surface area contributed by atoms with Crippen LogP contribution in [0.2, 0.25) is 0 Å². The van der Waals surface area contributed by atoms with Crippen LogP contribution < -0.4 is 10.2 Å². The Morgan fingerprint density at radius 3 is 2.92 bits per heavy atom. The van der Waals surface area contributed by atoms with E-state index in [-0.39, 0.29) is 12.5 Å². The molecule has 2 aromatic carbocycles. The summed E-state index contributed by atoms with van der Waals surface area (Å²) in [5, 5.41) is 6.00. The topological polar surface area (TPSA) is 63.6 Å². The predicted octanol–water partition coefficient (Wildman–Crippen LogP) is 3.53. The van der Waals surface area contributed by atoms with Crippen molar-refractivity contribution in [3.8, 4) is 5.75 Å². The van der Waals surface area contributed by atoms with Gasteiger partial charge in [0.25, 0.3) is 5.91 Å². The fraction of sp³-hybridized carbons (Fsp3) is 0.0556. The maximum Gasteiger partial charge on any atom is 0.277 e. The fourth-order valence-corrected chi connectivity index (χ4v) is 2.74. The van der Waals surface area contributed by atoms with E-state index in [2.05, 4.69) is 31.4 Å². The largest absolute Gasteiger partial charge is 0.483 e. The highest BCUT2D eigenvalue weighted by molar-refractivity contribution is 9.10. The first-order chi connectivity index (χ1) is 11.7. The summed E-state index contributed by atoms with van der Waals surface area (Å²) < 4.78 is 6.39. The molecule has 6 heteroatoms. The summed E-state index contributed by atoms with van der Waals surface area (Å²) >= 11 is 3.52. The molecule has 0 saturated heterocycles. The van der Waals surface area contributed by atoms with Gasteiger partial charge in [0.15, 0.2) is 6.61 Å². The number of rotatable bonds is 5. The lowest BCUT2D eigenvalue weighted by Crippen LogP contribution is -2.24. The second-order valence-corrected chi connectivity index (χ2v) is 5.76. The van der Waals surface area contributed by atoms with Crippen molar-refractivity contribution < 1.29 is 9.53 Å². The molecule has 0 aliphatic rings. The second-order valence-electron chi connectivity index (χ2n) is 4.97. The van der Waals surface area contributed by atoms with E-state index in [1.165, 1.54) is 6.21 Å². The van der Waals surface area contributed by atoms with Gasteiger partial charge in [0.1, 0.15) is 5.75 Å². The minimum Gasteiger partial charge on any atom is -0.483 e. The van der Waals surface area contributed by atoms with Gasteiger partial charge in [-0.25, -0.2) is 5.43 Å². The molecular formula is C18H14BrN3O2. The number of aromatic nitrogens is 1. The summed E-state index contributed by atoms with van der Waals surface area (Å²) in [6, 6.07) is 15.4. The molecule has 0 spiro atoms. The number of halogens is 1. The number of benzene rings is 2. The zero-order chi connectivity index (χ0) is 16.8. The van der Waals surface area contributed by atoms with Gasteiger partial charge in [-0.1, -0.05) is 36.4 Å².